The molecule has 14 nitrogen and oxygen atoms in total. The summed E-state index contributed by atoms with van der Waals surface area (Å²) < 4.78 is 0. The Hall–Kier alpha value is -3.30. The maximum Gasteiger partial charge on any atom is 0.461 e. The summed E-state index contributed by atoms with van der Waals surface area (Å²) in [6, 6.07) is 0. The van der Waals surface area contributed by atoms with E-state index in [9.17, 15) is 38.4 Å². The van der Waals surface area contributed by atoms with Crippen molar-refractivity contribution in [2.75, 3.05) is 5.33 Å². The van der Waals surface area contributed by atoms with Crippen LogP contribution in [-0.4, -0.2) is 76.3 Å². The average Bonchev–Trinajstić information content (AvgIpc) is 3.04. The number of rotatable bonds is 6. The fourth-order valence-electron chi connectivity index (χ4n) is 1.89. The van der Waals surface area contributed by atoms with Gasteiger partial charge in [-0.2, -0.15) is 5.48 Å². The van der Waals surface area contributed by atoms with E-state index in [1.165, 1.54) is 0 Å². The molecule has 1 heterocycles. The Morgan fingerprint density at radius 1 is 1.07 bits per heavy atom. The van der Waals surface area contributed by atoms with E-state index in [1.807, 2.05) is 0 Å². The SMILES string of the molecule is [B]CC(=O)N(C(=O)ONC(=O)CCC=O)N(C(=O)CBr)C(=O)ON1C(=O)CCC1=O. The Balaban J connectivity index is 3.07. The van der Waals surface area contributed by atoms with Crippen LogP contribution >= 0.6 is 15.9 Å². The Labute approximate surface area is 178 Å². The molecule has 1 aliphatic rings. The van der Waals surface area contributed by atoms with Crippen molar-refractivity contribution in [1.29, 1.82) is 0 Å². The van der Waals surface area contributed by atoms with Crippen molar-refractivity contribution >= 4 is 71.8 Å². The molecule has 0 atom stereocenters. The molecule has 0 bridgehead atoms. The number of hydrogen-bond donors (Lipinski definition) is 1. The lowest BCUT2D eigenvalue weighted by atomic mass is 10.1. The molecule has 7 amide bonds. The molecule has 0 aromatic rings. The highest BCUT2D eigenvalue weighted by molar-refractivity contribution is 9.09. The van der Waals surface area contributed by atoms with Gasteiger partial charge in [0.05, 0.1) is 13.2 Å². The fraction of sp³-hybridized carbons (Fsp3) is 0.429. The van der Waals surface area contributed by atoms with Gasteiger partial charge in [-0.3, -0.25) is 24.0 Å². The third-order valence-corrected chi connectivity index (χ3v) is 3.70. The van der Waals surface area contributed by atoms with Gasteiger partial charge in [-0.1, -0.05) is 15.9 Å². The highest BCUT2D eigenvalue weighted by Gasteiger charge is 2.42. The van der Waals surface area contributed by atoms with Crippen molar-refractivity contribution in [3.8, 4) is 0 Å². The number of aldehydes is 1. The molecule has 1 N–H and O–H groups in total. The van der Waals surface area contributed by atoms with Gasteiger partial charge < -0.3 is 14.5 Å². The summed E-state index contributed by atoms with van der Waals surface area (Å²) in [5.74, 6) is -5.29. The number of hydrazine groups is 1. The van der Waals surface area contributed by atoms with Crippen LogP contribution in [0.2, 0.25) is 6.32 Å². The normalized spacial score (nSPS) is 12.8. The Kier molecular flexibility index (Phi) is 9.60. The topological polar surface area (TPSA) is 177 Å². The van der Waals surface area contributed by atoms with Crippen LogP contribution in [0.25, 0.3) is 0 Å². The molecule has 1 aliphatic heterocycles. The van der Waals surface area contributed by atoms with E-state index in [-0.39, 0.29) is 40.8 Å². The molecule has 0 saturated carbocycles. The van der Waals surface area contributed by atoms with Gasteiger partial charge in [-0.15, -0.1) is 15.1 Å². The number of carbonyl (C=O) groups excluding carboxylic acids is 8. The first-order valence-corrected chi connectivity index (χ1v) is 9.22. The first-order chi connectivity index (χ1) is 14.2. The maximum absolute atomic E-state index is 12.4. The molecule has 0 aliphatic carbocycles. The molecule has 2 radical (unpaired) electrons. The summed E-state index contributed by atoms with van der Waals surface area (Å²) in [5, 5.41) is -0.883. The second-order valence-corrected chi connectivity index (χ2v) is 5.85. The van der Waals surface area contributed by atoms with Crippen LogP contribution < -0.4 is 5.48 Å². The van der Waals surface area contributed by atoms with E-state index in [0.29, 0.717) is 6.29 Å². The van der Waals surface area contributed by atoms with Crippen LogP contribution in [0, 0.1) is 0 Å². The summed E-state index contributed by atoms with van der Waals surface area (Å²) in [6.45, 7) is 0. The summed E-state index contributed by atoms with van der Waals surface area (Å²) in [5.41, 5.74) is 1.61. The maximum atomic E-state index is 12.4. The van der Waals surface area contributed by atoms with Crippen molar-refractivity contribution in [3.05, 3.63) is 0 Å². The monoisotopic (exact) mass is 488 g/mol. The zero-order chi connectivity index (χ0) is 22.8. The molecule has 16 heteroatoms. The predicted molar refractivity (Wildman–Crippen MR) is 95.5 cm³/mol. The molecule has 1 rings (SSSR count). The molecule has 0 aromatic heterocycles. The Bertz CT molecular complexity index is 760. The summed E-state index contributed by atoms with van der Waals surface area (Å²) in [7, 11) is 5.17. The summed E-state index contributed by atoms with van der Waals surface area (Å²) in [6.07, 6.45) is -5.02. The van der Waals surface area contributed by atoms with Gasteiger partial charge in [0.15, 0.2) is 0 Å². The van der Waals surface area contributed by atoms with E-state index >= 15 is 0 Å². The van der Waals surface area contributed by atoms with Gasteiger partial charge in [0.25, 0.3) is 23.6 Å². The number of hydroxylamine groups is 3. The molecular formula is C14H14BBrN4O10. The van der Waals surface area contributed by atoms with Crippen LogP contribution in [0.4, 0.5) is 9.59 Å². The van der Waals surface area contributed by atoms with Gasteiger partial charge in [0.2, 0.25) is 5.91 Å². The summed E-state index contributed by atoms with van der Waals surface area (Å²) in [4.78, 5) is 103. The number of amides is 7. The van der Waals surface area contributed by atoms with Crippen LogP contribution in [0.5, 0.6) is 0 Å². The van der Waals surface area contributed by atoms with E-state index in [4.69, 9.17) is 7.85 Å². The van der Waals surface area contributed by atoms with Crippen LogP contribution in [0.15, 0.2) is 0 Å². The van der Waals surface area contributed by atoms with Crippen molar-refractivity contribution in [3.63, 3.8) is 0 Å². The fourth-order valence-corrected chi connectivity index (χ4v) is 2.13. The lowest BCUT2D eigenvalue weighted by molar-refractivity contribution is -0.180. The quantitative estimate of drug-likeness (QED) is 0.158. The standard InChI is InChI=1S/C14H14BBrN4O10/c15-6-11(25)18(13(27)29-17-8(22)2-1-5-21)19(12(26)7-16)14(28)30-20-9(23)3-4-10(20)24/h5H,1-4,6-7H2,(H,17,22). The number of alkyl halides is 1. The lowest BCUT2D eigenvalue weighted by Crippen LogP contribution is -2.58. The predicted octanol–water partition coefficient (Wildman–Crippen LogP) is -1.11. The highest BCUT2D eigenvalue weighted by Crippen LogP contribution is 2.15. The van der Waals surface area contributed by atoms with E-state index < -0.39 is 53.4 Å². The van der Waals surface area contributed by atoms with Crippen LogP contribution in [0.3, 0.4) is 0 Å². The van der Waals surface area contributed by atoms with Crippen molar-refractivity contribution in [2.45, 2.75) is 32.0 Å². The number of carbonyl (C=O) groups is 8. The summed E-state index contributed by atoms with van der Waals surface area (Å²) >= 11 is 2.73. The third kappa shape index (κ3) is 6.36. The van der Waals surface area contributed by atoms with Crippen molar-refractivity contribution in [1.82, 2.24) is 20.6 Å². The van der Waals surface area contributed by atoms with Crippen molar-refractivity contribution < 1.29 is 48.0 Å². The Morgan fingerprint density at radius 3 is 2.13 bits per heavy atom. The van der Waals surface area contributed by atoms with E-state index in [1.54, 1.807) is 5.48 Å². The van der Waals surface area contributed by atoms with Gasteiger partial charge in [0.1, 0.15) is 6.29 Å². The van der Waals surface area contributed by atoms with Crippen molar-refractivity contribution in [2.24, 2.45) is 0 Å². The van der Waals surface area contributed by atoms with Gasteiger partial charge in [0, 0.05) is 25.7 Å². The number of hydrogen-bond acceptors (Lipinski definition) is 10. The molecule has 1 fully saturated rings. The largest absolute Gasteiger partial charge is 0.461 e. The number of nitrogens with one attached hydrogen (secondary N) is 1. The van der Waals surface area contributed by atoms with Crippen LogP contribution in [-0.2, 0) is 38.4 Å². The highest BCUT2D eigenvalue weighted by atomic mass is 79.9. The minimum Gasteiger partial charge on any atom is -0.320 e. The molecule has 0 aromatic carbocycles. The van der Waals surface area contributed by atoms with Gasteiger partial charge in [-0.05, 0) is 6.32 Å². The number of imide groups is 3. The first-order valence-electron chi connectivity index (χ1n) is 8.10. The first kappa shape index (κ1) is 24.7. The molecular weight excluding hydrogens is 475 g/mol. The molecule has 0 spiro atoms. The minimum absolute atomic E-state index is 0.0779. The zero-order valence-electron chi connectivity index (χ0n) is 15.2. The third-order valence-electron chi connectivity index (χ3n) is 3.22. The average molecular weight is 489 g/mol. The lowest BCUT2D eigenvalue weighted by Gasteiger charge is -2.29. The molecule has 160 valence electrons. The van der Waals surface area contributed by atoms with E-state index in [2.05, 4.69) is 25.6 Å². The number of nitrogens with zero attached hydrogens (tertiary/aromatic N) is 3. The smallest absolute Gasteiger partial charge is 0.320 e. The van der Waals surface area contributed by atoms with Gasteiger partial charge in [-0.25, -0.2) is 9.59 Å². The van der Waals surface area contributed by atoms with Crippen LogP contribution in [0.1, 0.15) is 25.7 Å². The zero-order valence-corrected chi connectivity index (χ0v) is 16.8. The number of halogens is 1. The molecule has 0 unspecified atom stereocenters. The minimum atomic E-state index is -1.77. The molecule has 1 saturated heterocycles. The Morgan fingerprint density at radius 2 is 1.63 bits per heavy atom. The molecule has 30 heavy (non-hydrogen) atoms. The second kappa shape index (κ2) is 11.6. The second-order valence-electron chi connectivity index (χ2n) is 5.29. The van der Waals surface area contributed by atoms with E-state index in [0.717, 1.165) is 0 Å². The van der Waals surface area contributed by atoms with Gasteiger partial charge >= 0.3 is 12.2 Å².